The number of ketones is 2. The number of rotatable bonds is 1. The number of hydrogen-bond acceptors (Lipinski definition) is 2. The van der Waals surface area contributed by atoms with Crippen LogP contribution in [0.2, 0.25) is 0 Å². The van der Waals surface area contributed by atoms with Crippen LogP contribution in [0.1, 0.15) is 29.3 Å². The summed E-state index contributed by atoms with van der Waals surface area (Å²) < 4.78 is 0. The van der Waals surface area contributed by atoms with Crippen LogP contribution in [0.5, 0.6) is 0 Å². The Morgan fingerprint density at radius 1 is 1.29 bits per heavy atom. The molecule has 1 aromatic carbocycles. The standard InChI is InChI=1S/C12H12O2/c1-8(13)10-6-9-4-2-3-5-11(9)12(14)7-10/h2-5,10H,6-7H2,1H3. The van der Waals surface area contributed by atoms with Crippen LogP contribution in [0.4, 0.5) is 0 Å². The summed E-state index contributed by atoms with van der Waals surface area (Å²) in [6, 6.07) is 7.55. The van der Waals surface area contributed by atoms with Crippen molar-refractivity contribution in [3.8, 4) is 0 Å². The summed E-state index contributed by atoms with van der Waals surface area (Å²) in [5.41, 5.74) is 1.81. The minimum Gasteiger partial charge on any atom is -0.300 e. The first-order valence-electron chi connectivity index (χ1n) is 4.80. The van der Waals surface area contributed by atoms with E-state index in [1.54, 1.807) is 6.92 Å². The number of hydrogen-bond donors (Lipinski definition) is 0. The van der Waals surface area contributed by atoms with E-state index in [1.165, 1.54) is 0 Å². The van der Waals surface area contributed by atoms with Crippen molar-refractivity contribution >= 4 is 11.6 Å². The molecule has 1 aliphatic carbocycles. The Bertz CT molecular complexity index is 393. The number of Topliss-reactive ketones (excluding diaryl/α,β-unsaturated/α-hetero) is 2. The Morgan fingerprint density at radius 2 is 2.00 bits per heavy atom. The fraction of sp³-hybridized carbons (Fsp3) is 0.333. The summed E-state index contributed by atoms with van der Waals surface area (Å²) in [7, 11) is 0. The molecule has 0 aliphatic heterocycles. The van der Waals surface area contributed by atoms with Crippen molar-refractivity contribution in [2.75, 3.05) is 0 Å². The molecule has 0 amide bonds. The zero-order valence-corrected chi connectivity index (χ0v) is 8.12. The van der Waals surface area contributed by atoms with Gasteiger partial charge in [0.2, 0.25) is 0 Å². The minimum absolute atomic E-state index is 0.0996. The number of carbonyl (C=O) groups is 2. The molecule has 14 heavy (non-hydrogen) atoms. The number of benzene rings is 1. The van der Waals surface area contributed by atoms with E-state index in [4.69, 9.17) is 0 Å². The van der Waals surface area contributed by atoms with Gasteiger partial charge < -0.3 is 0 Å². The van der Waals surface area contributed by atoms with Crippen LogP contribution in [-0.4, -0.2) is 11.6 Å². The van der Waals surface area contributed by atoms with Crippen LogP contribution in [0.25, 0.3) is 0 Å². The third-order valence-corrected chi connectivity index (χ3v) is 2.79. The molecule has 1 aromatic rings. The van der Waals surface area contributed by atoms with Gasteiger partial charge in [0, 0.05) is 17.9 Å². The van der Waals surface area contributed by atoms with Crippen molar-refractivity contribution in [1.29, 1.82) is 0 Å². The van der Waals surface area contributed by atoms with Crippen molar-refractivity contribution in [1.82, 2.24) is 0 Å². The molecule has 2 heteroatoms. The molecule has 2 rings (SSSR count). The third kappa shape index (κ3) is 1.48. The molecular weight excluding hydrogens is 176 g/mol. The van der Waals surface area contributed by atoms with E-state index in [1.807, 2.05) is 24.3 Å². The third-order valence-electron chi connectivity index (χ3n) is 2.79. The molecule has 0 heterocycles. The quantitative estimate of drug-likeness (QED) is 0.675. The molecular formula is C12H12O2. The molecule has 0 N–H and O–H groups in total. The van der Waals surface area contributed by atoms with Gasteiger partial charge >= 0.3 is 0 Å². The van der Waals surface area contributed by atoms with Crippen LogP contribution in [0.3, 0.4) is 0 Å². The van der Waals surface area contributed by atoms with E-state index in [9.17, 15) is 9.59 Å². The molecule has 1 atom stereocenters. The van der Waals surface area contributed by atoms with Gasteiger partial charge in [0.25, 0.3) is 0 Å². The Kier molecular flexibility index (Phi) is 2.20. The first kappa shape index (κ1) is 9.13. The largest absolute Gasteiger partial charge is 0.300 e. The van der Waals surface area contributed by atoms with Gasteiger partial charge in [-0.15, -0.1) is 0 Å². The molecule has 2 nitrogen and oxygen atoms in total. The fourth-order valence-corrected chi connectivity index (χ4v) is 1.93. The lowest BCUT2D eigenvalue weighted by molar-refractivity contribution is -0.120. The fourth-order valence-electron chi connectivity index (χ4n) is 1.93. The second-order valence-corrected chi connectivity index (χ2v) is 3.80. The molecule has 0 saturated heterocycles. The van der Waals surface area contributed by atoms with Gasteiger partial charge in [-0.3, -0.25) is 9.59 Å². The lowest BCUT2D eigenvalue weighted by Gasteiger charge is -2.21. The molecule has 0 bridgehead atoms. The van der Waals surface area contributed by atoms with Crippen molar-refractivity contribution in [3.05, 3.63) is 35.4 Å². The lowest BCUT2D eigenvalue weighted by Crippen LogP contribution is -2.24. The molecule has 0 saturated carbocycles. The molecule has 0 fully saturated rings. The van der Waals surface area contributed by atoms with E-state index < -0.39 is 0 Å². The van der Waals surface area contributed by atoms with Crippen LogP contribution < -0.4 is 0 Å². The van der Waals surface area contributed by atoms with E-state index in [0.29, 0.717) is 6.42 Å². The first-order valence-corrected chi connectivity index (χ1v) is 4.80. The van der Waals surface area contributed by atoms with Gasteiger partial charge in [-0.25, -0.2) is 0 Å². The highest BCUT2D eigenvalue weighted by atomic mass is 16.1. The summed E-state index contributed by atoms with van der Waals surface area (Å²) in [6.45, 7) is 1.56. The van der Waals surface area contributed by atoms with Gasteiger partial charge in [-0.2, -0.15) is 0 Å². The van der Waals surface area contributed by atoms with Gasteiger partial charge in [-0.05, 0) is 18.9 Å². The Morgan fingerprint density at radius 3 is 2.71 bits per heavy atom. The van der Waals surface area contributed by atoms with Crippen molar-refractivity contribution in [2.45, 2.75) is 19.8 Å². The summed E-state index contributed by atoms with van der Waals surface area (Å²) in [6.07, 6.45) is 1.10. The van der Waals surface area contributed by atoms with Crippen LogP contribution in [-0.2, 0) is 11.2 Å². The Labute approximate surface area is 82.9 Å². The topological polar surface area (TPSA) is 34.1 Å². The van der Waals surface area contributed by atoms with Crippen molar-refractivity contribution in [3.63, 3.8) is 0 Å². The SMILES string of the molecule is CC(=O)C1CC(=O)c2ccccc2C1. The maximum atomic E-state index is 11.6. The van der Waals surface area contributed by atoms with E-state index in [0.717, 1.165) is 17.5 Å². The lowest BCUT2D eigenvalue weighted by atomic mass is 9.81. The Hall–Kier alpha value is -1.44. The second-order valence-electron chi connectivity index (χ2n) is 3.80. The maximum absolute atomic E-state index is 11.6. The van der Waals surface area contributed by atoms with Crippen LogP contribution in [0.15, 0.2) is 24.3 Å². The van der Waals surface area contributed by atoms with Gasteiger partial charge in [0.05, 0.1) is 0 Å². The zero-order chi connectivity index (χ0) is 10.1. The Balaban J connectivity index is 2.38. The van der Waals surface area contributed by atoms with Crippen LogP contribution in [0, 0.1) is 5.92 Å². The van der Waals surface area contributed by atoms with Gasteiger partial charge in [0.15, 0.2) is 5.78 Å². The normalized spacial score (nSPS) is 20.4. The van der Waals surface area contributed by atoms with Gasteiger partial charge in [0.1, 0.15) is 5.78 Å². The highest BCUT2D eigenvalue weighted by Crippen LogP contribution is 2.25. The predicted molar refractivity (Wildman–Crippen MR) is 53.3 cm³/mol. The van der Waals surface area contributed by atoms with Crippen LogP contribution >= 0.6 is 0 Å². The average Bonchev–Trinajstić information content (AvgIpc) is 2.17. The second kappa shape index (κ2) is 3.37. The summed E-state index contributed by atoms with van der Waals surface area (Å²) in [5.74, 6) is 0.123. The zero-order valence-electron chi connectivity index (χ0n) is 8.12. The van der Waals surface area contributed by atoms with E-state index in [2.05, 4.69) is 0 Å². The highest BCUT2D eigenvalue weighted by Gasteiger charge is 2.26. The van der Waals surface area contributed by atoms with Crippen molar-refractivity contribution in [2.24, 2.45) is 5.92 Å². The van der Waals surface area contributed by atoms with Gasteiger partial charge in [-0.1, -0.05) is 24.3 Å². The summed E-state index contributed by atoms with van der Waals surface area (Å²) in [5, 5.41) is 0. The molecule has 0 radical (unpaired) electrons. The number of fused-ring (bicyclic) bond motifs is 1. The highest BCUT2D eigenvalue weighted by molar-refractivity contribution is 6.01. The maximum Gasteiger partial charge on any atom is 0.163 e. The van der Waals surface area contributed by atoms with E-state index >= 15 is 0 Å². The number of carbonyl (C=O) groups excluding carboxylic acids is 2. The monoisotopic (exact) mass is 188 g/mol. The molecule has 72 valence electrons. The summed E-state index contributed by atoms with van der Waals surface area (Å²) >= 11 is 0. The summed E-state index contributed by atoms with van der Waals surface area (Å²) in [4.78, 5) is 22.9. The molecule has 0 aromatic heterocycles. The molecule has 1 aliphatic rings. The predicted octanol–water partition coefficient (Wildman–Crippen LogP) is 2.02. The minimum atomic E-state index is -0.0996. The smallest absolute Gasteiger partial charge is 0.163 e. The van der Waals surface area contributed by atoms with Crippen molar-refractivity contribution < 1.29 is 9.59 Å². The molecule has 1 unspecified atom stereocenters. The molecule has 0 spiro atoms. The first-order chi connectivity index (χ1) is 6.68. The average molecular weight is 188 g/mol. The van der Waals surface area contributed by atoms with E-state index in [-0.39, 0.29) is 17.5 Å².